The van der Waals surface area contributed by atoms with Crippen LogP contribution < -0.4 is 10.1 Å². The zero-order valence-electron chi connectivity index (χ0n) is 11.9. The van der Waals surface area contributed by atoms with Gasteiger partial charge in [0.25, 0.3) is 5.91 Å². The molecule has 0 aromatic heterocycles. The highest BCUT2D eigenvalue weighted by molar-refractivity contribution is 5.97. The zero-order chi connectivity index (χ0) is 14.5. The highest BCUT2D eigenvalue weighted by atomic mass is 16.5. The lowest BCUT2D eigenvalue weighted by Gasteiger charge is -2.17. The van der Waals surface area contributed by atoms with Crippen molar-refractivity contribution in [3.63, 3.8) is 0 Å². The summed E-state index contributed by atoms with van der Waals surface area (Å²) in [5.74, 6) is 0.232. The van der Waals surface area contributed by atoms with Gasteiger partial charge in [0.1, 0.15) is 0 Å². The molecule has 0 aliphatic carbocycles. The van der Waals surface area contributed by atoms with Crippen LogP contribution in [0, 0.1) is 5.92 Å². The van der Waals surface area contributed by atoms with E-state index in [1.807, 2.05) is 0 Å². The Morgan fingerprint density at radius 2 is 2.35 bits per heavy atom. The second kappa shape index (κ2) is 6.61. The average Bonchev–Trinajstić information content (AvgIpc) is 2.92. The van der Waals surface area contributed by atoms with E-state index in [0.717, 1.165) is 19.4 Å². The molecule has 0 saturated carbocycles. The number of hydrogen-bond donors (Lipinski definition) is 2. The predicted molar refractivity (Wildman–Crippen MR) is 75.1 cm³/mol. The Labute approximate surface area is 118 Å². The van der Waals surface area contributed by atoms with Crippen LogP contribution in [0.15, 0.2) is 18.2 Å². The van der Waals surface area contributed by atoms with Gasteiger partial charge in [0.05, 0.1) is 18.8 Å². The highest BCUT2D eigenvalue weighted by Gasteiger charge is 2.27. The third-order valence-electron chi connectivity index (χ3n) is 3.74. The summed E-state index contributed by atoms with van der Waals surface area (Å²) < 4.78 is 10.6. The zero-order valence-corrected chi connectivity index (χ0v) is 11.9. The summed E-state index contributed by atoms with van der Waals surface area (Å²) in [4.78, 5) is 12.1. The molecule has 1 aromatic carbocycles. The Hall–Kier alpha value is -1.75. The first-order valence-corrected chi connectivity index (χ1v) is 6.93. The standard InChI is InChI=1S/C15H21NO4/c1-3-12-10(7-8-20-12)9-16-15(18)11-5-4-6-13(19-2)14(11)17/h4-6,10,12,17H,3,7-9H2,1-2H3,(H,16,18). The van der Waals surface area contributed by atoms with E-state index in [1.54, 1.807) is 18.2 Å². The number of carbonyl (C=O) groups excluding carboxylic acids is 1. The number of carbonyl (C=O) groups is 1. The summed E-state index contributed by atoms with van der Waals surface area (Å²) >= 11 is 0. The maximum atomic E-state index is 12.1. The van der Waals surface area contributed by atoms with Gasteiger partial charge in [-0.05, 0) is 25.0 Å². The van der Waals surface area contributed by atoms with Crippen LogP contribution in [0.25, 0.3) is 0 Å². The topological polar surface area (TPSA) is 67.8 Å². The molecule has 1 aromatic rings. The van der Waals surface area contributed by atoms with Gasteiger partial charge >= 0.3 is 0 Å². The van der Waals surface area contributed by atoms with Crippen LogP contribution in [-0.2, 0) is 4.74 Å². The number of methoxy groups -OCH3 is 1. The molecule has 2 atom stereocenters. The molecule has 5 heteroatoms. The van der Waals surface area contributed by atoms with Crippen molar-refractivity contribution in [2.75, 3.05) is 20.3 Å². The van der Waals surface area contributed by atoms with Crippen LogP contribution in [0.5, 0.6) is 11.5 Å². The first kappa shape index (κ1) is 14.7. The van der Waals surface area contributed by atoms with Crippen molar-refractivity contribution in [3.8, 4) is 11.5 Å². The molecule has 1 fully saturated rings. The lowest BCUT2D eigenvalue weighted by Crippen LogP contribution is -2.32. The van der Waals surface area contributed by atoms with Crippen molar-refractivity contribution in [2.24, 2.45) is 5.92 Å². The fourth-order valence-electron chi connectivity index (χ4n) is 2.57. The molecule has 2 N–H and O–H groups in total. The van der Waals surface area contributed by atoms with Gasteiger partial charge in [0.2, 0.25) is 0 Å². The van der Waals surface area contributed by atoms with E-state index < -0.39 is 0 Å². The smallest absolute Gasteiger partial charge is 0.255 e. The molecule has 0 bridgehead atoms. The summed E-state index contributed by atoms with van der Waals surface area (Å²) in [6.07, 6.45) is 2.13. The molecule has 5 nitrogen and oxygen atoms in total. The van der Waals surface area contributed by atoms with E-state index >= 15 is 0 Å². The fraction of sp³-hybridized carbons (Fsp3) is 0.533. The summed E-state index contributed by atoms with van der Waals surface area (Å²) in [5.41, 5.74) is 0.233. The number of phenolic OH excluding ortho intramolecular Hbond substituents is 1. The van der Waals surface area contributed by atoms with Crippen LogP contribution >= 0.6 is 0 Å². The van der Waals surface area contributed by atoms with Crippen molar-refractivity contribution in [2.45, 2.75) is 25.9 Å². The molecule has 0 radical (unpaired) electrons. The number of amides is 1. The lowest BCUT2D eigenvalue weighted by atomic mass is 9.99. The first-order valence-electron chi connectivity index (χ1n) is 6.93. The van der Waals surface area contributed by atoms with Gasteiger partial charge in [-0.2, -0.15) is 0 Å². The minimum Gasteiger partial charge on any atom is -0.504 e. The monoisotopic (exact) mass is 279 g/mol. The second-order valence-corrected chi connectivity index (χ2v) is 4.93. The van der Waals surface area contributed by atoms with Crippen molar-refractivity contribution >= 4 is 5.91 Å². The molecule has 110 valence electrons. The van der Waals surface area contributed by atoms with Crippen LogP contribution in [0.3, 0.4) is 0 Å². The minimum absolute atomic E-state index is 0.123. The normalized spacial score (nSPS) is 21.7. The van der Waals surface area contributed by atoms with Crippen LogP contribution in [0.1, 0.15) is 30.1 Å². The van der Waals surface area contributed by atoms with Gasteiger partial charge in [0.15, 0.2) is 11.5 Å². The molecular weight excluding hydrogens is 258 g/mol. The second-order valence-electron chi connectivity index (χ2n) is 4.93. The van der Waals surface area contributed by atoms with Gasteiger partial charge in [-0.15, -0.1) is 0 Å². The SMILES string of the molecule is CCC1OCCC1CNC(=O)c1cccc(OC)c1O. The molecule has 1 aliphatic heterocycles. The third kappa shape index (κ3) is 3.04. The first-order chi connectivity index (χ1) is 9.67. The number of benzene rings is 1. The van der Waals surface area contributed by atoms with Gasteiger partial charge in [0, 0.05) is 19.1 Å². The van der Waals surface area contributed by atoms with E-state index in [2.05, 4.69) is 12.2 Å². The third-order valence-corrected chi connectivity index (χ3v) is 3.74. The van der Waals surface area contributed by atoms with Crippen LogP contribution in [0.4, 0.5) is 0 Å². The molecule has 1 amide bonds. The van der Waals surface area contributed by atoms with Crippen LogP contribution in [0.2, 0.25) is 0 Å². The molecule has 0 spiro atoms. The molecule has 1 heterocycles. The summed E-state index contributed by atoms with van der Waals surface area (Å²) in [5, 5.41) is 12.8. The number of ether oxygens (including phenoxy) is 2. The molecule has 2 rings (SSSR count). The summed E-state index contributed by atoms with van der Waals surface area (Å²) in [6, 6.07) is 4.88. The summed E-state index contributed by atoms with van der Waals surface area (Å²) in [6.45, 7) is 3.40. The minimum atomic E-state index is -0.289. The molecule has 2 unspecified atom stereocenters. The quantitative estimate of drug-likeness (QED) is 0.864. The molecule has 20 heavy (non-hydrogen) atoms. The number of hydrogen-bond acceptors (Lipinski definition) is 4. The van der Waals surface area contributed by atoms with Crippen molar-refractivity contribution in [1.29, 1.82) is 0 Å². The van der Waals surface area contributed by atoms with E-state index in [9.17, 15) is 9.90 Å². The lowest BCUT2D eigenvalue weighted by molar-refractivity contribution is 0.0825. The molecule has 1 saturated heterocycles. The Morgan fingerprint density at radius 1 is 1.55 bits per heavy atom. The van der Waals surface area contributed by atoms with Gasteiger partial charge in [-0.25, -0.2) is 0 Å². The molecule has 1 aliphatic rings. The van der Waals surface area contributed by atoms with Gasteiger partial charge < -0.3 is 19.9 Å². The number of aromatic hydroxyl groups is 1. The maximum Gasteiger partial charge on any atom is 0.255 e. The van der Waals surface area contributed by atoms with Gasteiger partial charge in [-0.1, -0.05) is 13.0 Å². The molecular formula is C15H21NO4. The Morgan fingerprint density at radius 3 is 3.05 bits per heavy atom. The predicted octanol–water partition coefficient (Wildman–Crippen LogP) is 1.95. The fourth-order valence-corrected chi connectivity index (χ4v) is 2.57. The Bertz CT molecular complexity index is 475. The van der Waals surface area contributed by atoms with E-state index in [4.69, 9.17) is 9.47 Å². The number of phenols is 1. The van der Waals surface area contributed by atoms with E-state index in [0.29, 0.717) is 18.2 Å². The van der Waals surface area contributed by atoms with Crippen LogP contribution in [-0.4, -0.2) is 37.4 Å². The number of para-hydroxylation sites is 1. The van der Waals surface area contributed by atoms with Crippen molar-refractivity contribution in [1.82, 2.24) is 5.32 Å². The summed E-state index contributed by atoms with van der Waals surface area (Å²) in [7, 11) is 1.46. The Kier molecular flexibility index (Phi) is 4.84. The van der Waals surface area contributed by atoms with Gasteiger partial charge in [-0.3, -0.25) is 4.79 Å². The van der Waals surface area contributed by atoms with Crippen molar-refractivity contribution < 1.29 is 19.4 Å². The largest absolute Gasteiger partial charge is 0.504 e. The highest BCUT2D eigenvalue weighted by Crippen LogP contribution is 2.29. The number of nitrogens with one attached hydrogen (secondary N) is 1. The number of rotatable bonds is 5. The van der Waals surface area contributed by atoms with E-state index in [1.165, 1.54) is 7.11 Å². The maximum absolute atomic E-state index is 12.1. The average molecular weight is 279 g/mol. The van der Waals surface area contributed by atoms with E-state index in [-0.39, 0.29) is 23.3 Å². The van der Waals surface area contributed by atoms with Crippen molar-refractivity contribution in [3.05, 3.63) is 23.8 Å². The Balaban J connectivity index is 1.98.